The fraction of sp³-hybridized carbons (Fsp3) is 0.176. The van der Waals surface area contributed by atoms with Gasteiger partial charge in [-0.2, -0.15) is 5.10 Å². The van der Waals surface area contributed by atoms with Crippen LogP contribution in [0.4, 0.5) is 0 Å². The lowest BCUT2D eigenvalue weighted by atomic mass is 10.2. The summed E-state index contributed by atoms with van der Waals surface area (Å²) in [5, 5.41) is 13.9. The molecule has 0 aromatic heterocycles. The third-order valence-corrected chi connectivity index (χ3v) is 3.90. The van der Waals surface area contributed by atoms with Gasteiger partial charge in [-0.15, -0.1) is 0 Å². The Hall–Kier alpha value is -2.29. The molecule has 7 heteroatoms. The minimum Gasteiger partial charge on any atom is -0.504 e. The molecular weight excluding hydrogens is 423 g/mol. The smallest absolute Gasteiger partial charge is 0.275 e. The number of hydrazone groups is 1. The zero-order valence-electron chi connectivity index (χ0n) is 13.2. The molecule has 2 aromatic rings. The van der Waals surface area contributed by atoms with Crippen molar-refractivity contribution in [1.29, 1.82) is 0 Å². The molecule has 0 aliphatic rings. The number of hydrogen-bond donors (Lipinski definition) is 2. The van der Waals surface area contributed by atoms with Crippen molar-refractivity contribution in [3.8, 4) is 17.2 Å². The highest BCUT2D eigenvalue weighted by atomic mass is 127. The number of aromatic hydroxyl groups is 1. The number of halogens is 1. The van der Waals surface area contributed by atoms with Crippen molar-refractivity contribution in [3.05, 3.63) is 51.1 Å². The summed E-state index contributed by atoms with van der Waals surface area (Å²) in [6, 6.07) is 10.3. The summed E-state index contributed by atoms with van der Waals surface area (Å²) in [5.74, 6) is 0.569. The van der Waals surface area contributed by atoms with Gasteiger partial charge in [0.15, 0.2) is 11.5 Å². The number of para-hydroxylation sites is 1. The van der Waals surface area contributed by atoms with Gasteiger partial charge in [0.1, 0.15) is 5.75 Å². The van der Waals surface area contributed by atoms with Crippen LogP contribution >= 0.6 is 22.6 Å². The van der Waals surface area contributed by atoms with E-state index in [0.717, 1.165) is 0 Å². The third-order valence-electron chi connectivity index (χ3n) is 3.08. The summed E-state index contributed by atoms with van der Waals surface area (Å²) in [7, 11) is 1.50. The van der Waals surface area contributed by atoms with Crippen molar-refractivity contribution in [2.24, 2.45) is 5.10 Å². The average molecular weight is 440 g/mol. The Labute approximate surface area is 153 Å². The number of rotatable bonds is 6. The molecule has 0 aliphatic heterocycles. The lowest BCUT2D eigenvalue weighted by molar-refractivity contribution is 0.0952. The van der Waals surface area contributed by atoms with Crippen LogP contribution in [0, 0.1) is 3.57 Å². The van der Waals surface area contributed by atoms with Crippen LogP contribution in [0.1, 0.15) is 22.8 Å². The van der Waals surface area contributed by atoms with Gasteiger partial charge in [0.2, 0.25) is 0 Å². The van der Waals surface area contributed by atoms with E-state index in [1.807, 2.05) is 29.5 Å². The van der Waals surface area contributed by atoms with Crippen LogP contribution < -0.4 is 14.9 Å². The number of amides is 1. The van der Waals surface area contributed by atoms with E-state index in [4.69, 9.17) is 9.47 Å². The minimum atomic E-state index is -0.373. The van der Waals surface area contributed by atoms with Gasteiger partial charge in [-0.3, -0.25) is 4.79 Å². The molecule has 0 saturated carbocycles. The van der Waals surface area contributed by atoms with E-state index in [0.29, 0.717) is 32.8 Å². The molecule has 1 amide bonds. The van der Waals surface area contributed by atoms with E-state index in [9.17, 15) is 9.90 Å². The van der Waals surface area contributed by atoms with Gasteiger partial charge >= 0.3 is 0 Å². The van der Waals surface area contributed by atoms with Crippen LogP contribution in [-0.2, 0) is 0 Å². The number of methoxy groups -OCH3 is 1. The first kappa shape index (κ1) is 18.1. The Morgan fingerprint density at radius 3 is 2.79 bits per heavy atom. The van der Waals surface area contributed by atoms with Gasteiger partial charge in [-0.1, -0.05) is 12.1 Å². The predicted octanol–water partition coefficient (Wildman–Crippen LogP) is 3.17. The first-order chi connectivity index (χ1) is 11.6. The van der Waals surface area contributed by atoms with Crippen LogP contribution in [0.25, 0.3) is 0 Å². The quantitative estimate of drug-likeness (QED) is 0.411. The molecular formula is C17H17IN2O4. The number of hydrogen-bond acceptors (Lipinski definition) is 5. The highest BCUT2D eigenvalue weighted by molar-refractivity contribution is 14.1. The van der Waals surface area contributed by atoms with Crippen molar-refractivity contribution in [2.45, 2.75) is 6.92 Å². The Bertz CT molecular complexity index is 762. The van der Waals surface area contributed by atoms with Gasteiger partial charge in [-0.25, -0.2) is 5.43 Å². The average Bonchev–Trinajstić information content (AvgIpc) is 2.59. The summed E-state index contributed by atoms with van der Waals surface area (Å²) >= 11 is 2.00. The second-order valence-electron chi connectivity index (χ2n) is 4.68. The Balaban J connectivity index is 2.13. The second kappa shape index (κ2) is 8.53. The van der Waals surface area contributed by atoms with Crippen molar-refractivity contribution < 1.29 is 19.4 Å². The summed E-state index contributed by atoms with van der Waals surface area (Å²) in [5.41, 5.74) is 3.54. The van der Waals surface area contributed by atoms with Crippen LogP contribution in [0.5, 0.6) is 17.2 Å². The number of phenols is 1. The molecule has 2 N–H and O–H groups in total. The molecule has 126 valence electrons. The molecule has 0 unspecified atom stereocenters. The van der Waals surface area contributed by atoms with E-state index in [1.165, 1.54) is 13.3 Å². The maximum absolute atomic E-state index is 12.1. The summed E-state index contributed by atoms with van der Waals surface area (Å²) in [6.45, 7) is 2.27. The first-order valence-corrected chi connectivity index (χ1v) is 8.26. The molecule has 6 nitrogen and oxygen atoms in total. The monoisotopic (exact) mass is 440 g/mol. The minimum absolute atomic E-state index is 0.0904. The third kappa shape index (κ3) is 4.38. The lowest BCUT2D eigenvalue weighted by Crippen LogP contribution is -2.18. The molecule has 0 aliphatic carbocycles. The largest absolute Gasteiger partial charge is 0.504 e. The van der Waals surface area contributed by atoms with Gasteiger partial charge < -0.3 is 14.6 Å². The van der Waals surface area contributed by atoms with Crippen molar-refractivity contribution in [2.75, 3.05) is 13.7 Å². The highest BCUT2D eigenvalue weighted by Crippen LogP contribution is 2.32. The zero-order valence-corrected chi connectivity index (χ0v) is 15.4. The highest BCUT2D eigenvalue weighted by Gasteiger charge is 2.11. The Kier molecular flexibility index (Phi) is 6.42. The first-order valence-electron chi connectivity index (χ1n) is 7.18. The van der Waals surface area contributed by atoms with Gasteiger partial charge in [0, 0.05) is 0 Å². The summed E-state index contributed by atoms with van der Waals surface area (Å²) in [6.07, 6.45) is 1.48. The molecule has 0 bridgehead atoms. The summed E-state index contributed by atoms with van der Waals surface area (Å²) < 4.78 is 11.1. The molecule has 2 rings (SSSR count). The second-order valence-corrected chi connectivity index (χ2v) is 5.84. The van der Waals surface area contributed by atoms with Crippen LogP contribution in [0.3, 0.4) is 0 Å². The number of carbonyl (C=O) groups excluding carboxylic acids is 1. The molecule has 0 fully saturated rings. The van der Waals surface area contributed by atoms with E-state index >= 15 is 0 Å². The maximum atomic E-state index is 12.1. The van der Waals surface area contributed by atoms with Crippen molar-refractivity contribution in [3.63, 3.8) is 0 Å². The molecule has 0 saturated heterocycles. The van der Waals surface area contributed by atoms with Gasteiger partial charge in [0.05, 0.1) is 29.1 Å². The zero-order chi connectivity index (χ0) is 17.5. The van der Waals surface area contributed by atoms with Gasteiger partial charge in [0.25, 0.3) is 5.91 Å². The Morgan fingerprint density at radius 2 is 2.08 bits per heavy atom. The fourth-order valence-corrected chi connectivity index (χ4v) is 2.62. The van der Waals surface area contributed by atoms with Crippen LogP contribution in [0.2, 0.25) is 0 Å². The number of ether oxygens (including phenoxy) is 2. The lowest BCUT2D eigenvalue weighted by Gasteiger charge is -2.08. The molecule has 0 spiro atoms. The number of carbonyl (C=O) groups is 1. The molecule has 0 heterocycles. The Morgan fingerprint density at radius 1 is 1.33 bits per heavy atom. The molecule has 24 heavy (non-hydrogen) atoms. The number of benzene rings is 2. The van der Waals surface area contributed by atoms with Crippen molar-refractivity contribution in [1.82, 2.24) is 5.43 Å². The SMILES string of the molecule is CCOc1cc(/C=N\NC(=O)c2ccccc2OC)cc(I)c1O. The number of phenolic OH excluding ortho intramolecular Hbond substituents is 1. The topological polar surface area (TPSA) is 80.2 Å². The standard InChI is InChI=1S/C17H17IN2O4/c1-3-24-15-9-11(8-13(18)16(15)21)10-19-20-17(22)12-6-4-5-7-14(12)23-2/h4-10,21H,3H2,1-2H3,(H,20,22)/b19-10-. The summed E-state index contributed by atoms with van der Waals surface area (Å²) in [4.78, 5) is 12.1. The number of nitrogens with zero attached hydrogens (tertiary/aromatic N) is 1. The molecule has 0 radical (unpaired) electrons. The predicted molar refractivity (Wildman–Crippen MR) is 100 cm³/mol. The molecule has 0 atom stereocenters. The van der Waals surface area contributed by atoms with Crippen LogP contribution in [0.15, 0.2) is 41.5 Å². The van der Waals surface area contributed by atoms with Crippen LogP contribution in [-0.4, -0.2) is 30.9 Å². The van der Waals surface area contributed by atoms with Gasteiger partial charge in [-0.05, 0) is 59.3 Å². The van der Waals surface area contributed by atoms with E-state index in [2.05, 4.69) is 10.5 Å². The van der Waals surface area contributed by atoms with Crippen molar-refractivity contribution >= 4 is 34.7 Å². The molecule has 2 aromatic carbocycles. The van der Waals surface area contributed by atoms with E-state index < -0.39 is 0 Å². The van der Waals surface area contributed by atoms with E-state index in [1.54, 1.807) is 36.4 Å². The maximum Gasteiger partial charge on any atom is 0.275 e. The number of nitrogens with one attached hydrogen (secondary N) is 1. The normalized spacial score (nSPS) is 10.6. The fourth-order valence-electron chi connectivity index (χ4n) is 1.99. The van der Waals surface area contributed by atoms with E-state index in [-0.39, 0.29) is 11.7 Å².